The lowest BCUT2D eigenvalue weighted by molar-refractivity contribution is -0.118. The molecule has 756 valence electrons. The topological polar surface area (TPSA) is 471 Å². The van der Waals surface area contributed by atoms with E-state index < -0.39 is 0 Å². The van der Waals surface area contributed by atoms with E-state index in [4.69, 9.17) is 5.73 Å². The lowest BCUT2D eigenvalue weighted by Gasteiger charge is -2.12. The maximum Gasteiger partial charge on any atom is 0.261 e. The number of carbonyl (C=O) groups excluding carboxylic acids is 23. The van der Waals surface area contributed by atoms with Gasteiger partial charge in [0.05, 0.1) is 118 Å². The van der Waals surface area contributed by atoms with E-state index in [0.29, 0.717) is 177 Å². The number of nitrogen functional groups attached to an aromatic ring is 1. The fraction of sp³-hybridized carbons (Fsp3) is 0.223. The van der Waals surface area contributed by atoms with Crippen LogP contribution in [0, 0.1) is 13.8 Å². The third kappa shape index (κ3) is 22.6. The van der Waals surface area contributed by atoms with Crippen LogP contribution in [-0.4, -0.2) is 255 Å². The molecule has 35 nitrogen and oxygen atoms in total. The molecule has 0 bridgehead atoms. The van der Waals surface area contributed by atoms with Crippen LogP contribution in [0.15, 0.2) is 229 Å². The smallest absolute Gasteiger partial charge is 0.261 e. The number of ketones is 3. The van der Waals surface area contributed by atoms with E-state index in [1.54, 1.807) is 218 Å². The summed E-state index contributed by atoms with van der Waals surface area (Å²) in [6.07, 6.45) is 1.14. The minimum Gasteiger partial charge on any atom is -0.508 e. The molecular formula is C112H102BrN11O24. The first kappa shape index (κ1) is 109. The Morgan fingerprint density at radius 1 is 0.236 bits per heavy atom. The largest absolute Gasteiger partial charge is 0.508 e. The number of nitrogens with zero attached hydrogens (tertiary/aromatic N) is 10. The number of amides is 20. The number of carbonyl (C=O) groups is 23. The van der Waals surface area contributed by atoms with Gasteiger partial charge < -0.3 is 15.6 Å². The van der Waals surface area contributed by atoms with Crippen LogP contribution in [0.3, 0.4) is 0 Å². The molecule has 148 heavy (non-hydrogen) atoms. The Bertz CT molecular complexity index is 6800. The lowest BCUT2D eigenvalue weighted by Crippen LogP contribution is -2.33. The Hall–Kier alpha value is -17.8. The second-order valence-corrected chi connectivity index (χ2v) is 35.3. The van der Waals surface area contributed by atoms with Crippen molar-refractivity contribution >= 4 is 168 Å². The predicted molar refractivity (Wildman–Crippen MR) is 544 cm³/mol. The van der Waals surface area contributed by atoms with E-state index in [-0.39, 0.29) is 166 Å². The van der Waals surface area contributed by atoms with Crippen LogP contribution in [0.1, 0.15) is 307 Å². The molecule has 0 aromatic heterocycles. The molecule has 3 N–H and O–H groups in total. The number of fused-ring (bicyclic) bond motifs is 11. The Balaban J connectivity index is 0.000000146. The molecule has 0 fully saturated rings. The summed E-state index contributed by atoms with van der Waals surface area (Å²) in [6, 6.07) is 63.1. The van der Waals surface area contributed by atoms with Crippen LogP contribution in [0.2, 0.25) is 0 Å². The van der Waals surface area contributed by atoms with Crippen LogP contribution in [0.5, 0.6) is 5.75 Å². The van der Waals surface area contributed by atoms with E-state index in [0.717, 1.165) is 41.1 Å². The molecule has 0 saturated carbocycles. The summed E-state index contributed by atoms with van der Waals surface area (Å²) in [6.45, 7) is 23.8. The number of imide groups is 10. The van der Waals surface area contributed by atoms with Gasteiger partial charge in [-0.15, -0.1) is 0 Å². The highest BCUT2D eigenvalue weighted by atomic mass is 79.9. The average Bonchev–Trinajstić information content (AvgIpc) is 1.61. The Morgan fingerprint density at radius 3 is 0.750 bits per heavy atom. The number of phenols is 1. The maximum absolute atomic E-state index is 12.0. The van der Waals surface area contributed by atoms with Gasteiger partial charge in [-0.3, -0.25) is 154 Å². The number of phenolic OH excluding ortho intramolecular Hbond substituents is 1. The first-order valence-electron chi connectivity index (χ1n) is 47.3. The molecule has 10 aliphatic heterocycles. The van der Waals surface area contributed by atoms with Gasteiger partial charge >= 0.3 is 0 Å². The van der Waals surface area contributed by atoms with Crippen molar-refractivity contribution in [2.24, 2.45) is 0 Å². The van der Waals surface area contributed by atoms with Crippen LogP contribution < -0.4 is 5.73 Å². The Kier molecular flexibility index (Phi) is 34.7. The standard InChI is InChI=1S/C14H11NO2.C13H13NO3.C12H11NO3.C11H9NO3.2C11H11NO2.C10H8BrNO2.C10H10N2O2.C10H9NO3.C10H9NO2/c1-2-15-13(16)11-7-9-5-3-4-6-10(9)8-12(11)14(15)17;1-9(15)5-4-8-14-12(16)10-6-2-3-7-11(10)13(14)17;1-8(14)6-7-13-11(15)9-4-2-3-5-10(9)12(13)16;1-7(13)6-12-10(14)8-4-2-3-5-9(8)11(12)15;2*1-3-12-10(13)8-5-4-7(2)6-9(8)11(12)14;2*1-2-12-9(13)7-4-3-6(11)5-8(7)10(12)14;1-2-11-9(13)7-4-3-6(12)5-8(7)10(11)14;1-2-11-9(12)7-5-3-4-6-8(7)10(11)13/h3-8H,2H2,1H3;2-3,6-7H,4-5,8H2,1H3;2-5H,6-7H2,1H3;2-5H,6H2,1H3;2*4-6H,3H2,1-2H3;3-5H,2H2,1H3;3-5H,2,11H2,1H3;3-5,12H,2H2,1H3;3-6H,2H2,1H3. The number of hydrogen-bond acceptors (Lipinski definition) is 25. The molecule has 10 aliphatic rings. The van der Waals surface area contributed by atoms with Crippen LogP contribution in [-0.2, 0) is 14.4 Å². The Labute approximate surface area is 857 Å². The summed E-state index contributed by atoms with van der Waals surface area (Å²) in [7, 11) is 0. The molecule has 0 aliphatic carbocycles. The fourth-order valence-corrected chi connectivity index (χ4v) is 17.5. The summed E-state index contributed by atoms with van der Waals surface area (Å²) in [5, 5.41) is 11.2. The number of nitrogens with two attached hydrogens (primary N) is 1. The zero-order valence-corrected chi connectivity index (χ0v) is 84.4. The summed E-state index contributed by atoms with van der Waals surface area (Å²) in [4.78, 5) is 279. The molecule has 11 aromatic rings. The van der Waals surface area contributed by atoms with Crippen molar-refractivity contribution in [1.29, 1.82) is 0 Å². The number of halogens is 1. The summed E-state index contributed by atoms with van der Waals surface area (Å²) < 4.78 is 0.815. The minimum atomic E-state index is -0.384. The molecule has 20 amide bonds. The SMILES string of the molecule is CC(=O)CCCN1C(=O)c2ccccc2C1=O.CC(=O)CCN1C(=O)c2ccccc2C1=O.CC(=O)CN1C(=O)c2ccccc2C1=O.CCN1C(=O)c2cc3ccccc3cc2C1=O.CCN1C(=O)c2ccc(Br)cc2C1=O.CCN1C(=O)c2ccc(C)cc2C1=O.CCN1C(=O)c2ccc(C)cc2C1=O.CCN1C(=O)c2ccc(N)cc2C1=O.CCN1C(=O)c2ccc(O)cc2C1=O.CCN1C(=O)c2ccccc2C1=O. The van der Waals surface area contributed by atoms with Gasteiger partial charge in [-0.2, -0.15) is 0 Å². The molecule has 21 rings (SSSR count). The van der Waals surface area contributed by atoms with Gasteiger partial charge in [-0.05, 0) is 240 Å². The molecule has 36 heteroatoms. The highest BCUT2D eigenvalue weighted by Crippen LogP contribution is 2.34. The molecule has 0 unspecified atom stereocenters. The normalized spacial score (nSPS) is 14.6. The van der Waals surface area contributed by atoms with E-state index in [9.17, 15) is 115 Å². The number of anilines is 1. The number of aromatic hydroxyl groups is 1. The van der Waals surface area contributed by atoms with E-state index in [1.165, 1.54) is 73.3 Å². The van der Waals surface area contributed by atoms with Gasteiger partial charge in [0.1, 0.15) is 23.1 Å². The highest BCUT2D eigenvalue weighted by Gasteiger charge is 2.43. The van der Waals surface area contributed by atoms with Crippen molar-refractivity contribution in [3.63, 3.8) is 0 Å². The van der Waals surface area contributed by atoms with Crippen molar-refractivity contribution in [2.75, 3.05) is 71.2 Å². The second-order valence-electron chi connectivity index (χ2n) is 34.4. The number of Topliss-reactive ketones (excluding diaryl/α,β-unsaturated/α-hetero) is 3. The van der Waals surface area contributed by atoms with E-state index in [1.807, 2.05) is 50.2 Å². The first-order valence-corrected chi connectivity index (χ1v) is 48.1. The zero-order chi connectivity index (χ0) is 108. The van der Waals surface area contributed by atoms with Crippen molar-refractivity contribution in [3.05, 3.63) is 351 Å². The molecule has 10 heterocycles. The van der Waals surface area contributed by atoms with Crippen molar-refractivity contribution in [1.82, 2.24) is 49.0 Å². The number of hydrogen-bond donors (Lipinski definition) is 2. The Morgan fingerprint density at radius 2 is 0.459 bits per heavy atom. The monoisotopic (exact) mass is 2060 g/mol. The predicted octanol–water partition coefficient (Wildman–Crippen LogP) is 14.7. The maximum atomic E-state index is 12.0. The van der Waals surface area contributed by atoms with Gasteiger partial charge in [0.2, 0.25) is 0 Å². The van der Waals surface area contributed by atoms with Gasteiger partial charge in [-0.1, -0.05) is 112 Å². The highest BCUT2D eigenvalue weighted by molar-refractivity contribution is 9.10. The number of benzene rings is 11. The lowest BCUT2D eigenvalue weighted by atomic mass is 10.0. The summed E-state index contributed by atoms with van der Waals surface area (Å²) in [5.74, 6) is -4.94. The van der Waals surface area contributed by atoms with Gasteiger partial charge in [0.25, 0.3) is 118 Å². The van der Waals surface area contributed by atoms with Gasteiger partial charge in [0.15, 0.2) is 0 Å². The molecular weight excluding hydrogens is 1960 g/mol. The number of rotatable bonds is 16. The van der Waals surface area contributed by atoms with Gasteiger partial charge in [0, 0.05) is 81.9 Å². The summed E-state index contributed by atoms with van der Waals surface area (Å²) >= 11 is 3.27. The van der Waals surface area contributed by atoms with E-state index in [2.05, 4.69) is 15.9 Å². The van der Waals surface area contributed by atoms with Crippen molar-refractivity contribution in [3.8, 4) is 5.75 Å². The van der Waals surface area contributed by atoms with Crippen molar-refractivity contribution < 1.29 is 115 Å². The minimum absolute atomic E-state index is 0.00264. The molecule has 0 saturated heterocycles. The summed E-state index contributed by atoms with van der Waals surface area (Å²) in [5.41, 5.74) is 17.3. The van der Waals surface area contributed by atoms with Crippen molar-refractivity contribution in [2.45, 2.75) is 102 Å². The third-order valence-corrected chi connectivity index (χ3v) is 25.2. The zero-order valence-electron chi connectivity index (χ0n) is 82.8. The van der Waals surface area contributed by atoms with Crippen LogP contribution in [0.4, 0.5) is 5.69 Å². The second kappa shape index (κ2) is 47.1. The first-order chi connectivity index (χ1) is 70.5. The van der Waals surface area contributed by atoms with Crippen LogP contribution in [0.25, 0.3) is 10.8 Å². The molecule has 0 radical (unpaired) electrons. The van der Waals surface area contributed by atoms with E-state index >= 15 is 0 Å². The third-order valence-electron chi connectivity index (χ3n) is 24.7. The fourth-order valence-electron chi connectivity index (χ4n) is 17.1. The number of aryl methyl sites for hydroxylation is 2. The molecule has 11 aromatic carbocycles. The quantitative estimate of drug-likeness (QED) is 0.0670. The molecule has 0 atom stereocenters. The van der Waals surface area contributed by atoms with Crippen LogP contribution >= 0.6 is 15.9 Å². The van der Waals surface area contributed by atoms with Gasteiger partial charge in [-0.25, -0.2) is 0 Å². The average molecular weight is 2070 g/mol. The molecule has 0 spiro atoms.